The number of carboxylic acid groups (broad SMARTS) is 1. The fourth-order valence-electron chi connectivity index (χ4n) is 3.60. The monoisotopic (exact) mass is 398 g/mol. The summed E-state index contributed by atoms with van der Waals surface area (Å²) in [6.07, 6.45) is 7.40. The number of carboxylic acids is 1. The molecule has 0 bridgehead atoms. The molecule has 3 N–H and O–H groups in total. The smallest absolute Gasteiger partial charge is 0.325 e. The lowest BCUT2D eigenvalue weighted by atomic mass is 9.85. The maximum Gasteiger partial charge on any atom is 0.325 e. The van der Waals surface area contributed by atoms with Gasteiger partial charge in [0.15, 0.2) is 0 Å². The third-order valence-electron chi connectivity index (χ3n) is 5.22. The Balaban J connectivity index is 1.68. The molecule has 29 heavy (non-hydrogen) atoms. The van der Waals surface area contributed by atoms with E-state index in [2.05, 4.69) is 15.7 Å². The van der Waals surface area contributed by atoms with E-state index >= 15 is 0 Å². The summed E-state index contributed by atoms with van der Waals surface area (Å²) in [4.78, 5) is 35.7. The SMILES string of the molecule is CC(NC(=O)c1ccc(NC(=O)c2cn(C)nc2C2CCCCC2)cc1)C(=O)O. The molecule has 2 aromatic rings. The Labute approximate surface area is 169 Å². The van der Waals surface area contributed by atoms with E-state index < -0.39 is 17.9 Å². The molecular formula is C21H26N4O4. The molecule has 3 rings (SSSR count). The predicted molar refractivity (Wildman–Crippen MR) is 108 cm³/mol. The number of rotatable bonds is 6. The molecule has 1 aliphatic rings. The number of carbonyl (C=O) groups excluding carboxylic acids is 2. The Bertz CT molecular complexity index is 898. The van der Waals surface area contributed by atoms with Crippen molar-refractivity contribution in [2.75, 3.05) is 5.32 Å². The van der Waals surface area contributed by atoms with Gasteiger partial charge in [0.1, 0.15) is 6.04 Å². The molecule has 0 radical (unpaired) electrons. The van der Waals surface area contributed by atoms with Crippen molar-refractivity contribution >= 4 is 23.5 Å². The molecular weight excluding hydrogens is 372 g/mol. The third-order valence-corrected chi connectivity index (χ3v) is 5.22. The predicted octanol–water partition coefficient (Wildman–Crippen LogP) is 2.92. The maximum absolute atomic E-state index is 12.8. The Morgan fingerprint density at radius 3 is 2.38 bits per heavy atom. The number of anilines is 1. The summed E-state index contributed by atoms with van der Waals surface area (Å²) in [5, 5.41) is 18.7. The van der Waals surface area contributed by atoms with E-state index in [1.807, 2.05) is 7.05 Å². The zero-order valence-corrected chi connectivity index (χ0v) is 16.6. The number of hydrogen-bond donors (Lipinski definition) is 3. The van der Waals surface area contributed by atoms with Crippen LogP contribution in [0.15, 0.2) is 30.5 Å². The van der Waals surface area contributed by atoms with Gasteiger partial charge < -0.3 is 15.7 Å². The van der Waals surface area contributed by atoms with Crippen LogP contribution >= 0.6 is 0 Å². The van der Waals surface area contributed by atoms with E-state index in [1.54, 1.807) is 35.1 Å². The van der Waals surface area contributed by atoms with Gasteiger partial charge in [0.2, 0.25) is 0 Å². The largest absolute Gasteiger partial charge is 0.480 e. The fourth-order valence-corrected chi connectivity index (χ4v) is 3.60. The molecule has 0 aliphatic heterocycles. The molecule has 8 nitrogen and oxygen atoms in total. The number of aromatic nitrogens is 2. The van der Waals surface area contributed by atoms with Crippen molar-refractivity contribution in [3.05, 3.63) is 47.3 Å². The zero-order chi connectivity index (χ0) is 21.0. The van der Waals surface area contributed by atoms with Crippen LogP contribution in [0, 0.1) is 0 Å². The Morgan fingerprint density at radius 1 is 1.10 bits per heavy atom. The lowest BCUT2D eigenvalue weighted by molar-refractivity contribution is -0.138. The summed E-state index contributed by atoms with van der Waals surface area (Å²) < 4.78 is 1.68. The highest BCUT2D eigenvalue weighted by molar-refractivity contribution is 6.05. The summed E-state index contributed by atoms with van der Waals surface area (Å²) >= 11 is 0. The van der Waals surface area contributed by atoms with Gasteiger partial charge in [0.25, 0.3) is 11.8 Å². The first kappa shape index (κ1) is 20.6. The fraction of sp³-hybridized carbons (Fsp3) is 0.429. The minimum Gasteiger partial charge on any atom is -0.480 e. The molecule has 0 spiro atoms. The summed E-state index contributed by atoms with van der Waals surface area (Å²) in [5.41, 5.74) is 2.30. The summed E-state index contributed by atoms with van der Waals surface area (Å²) in [7, 11) is 1.81. The first-order valence-corrected chi connectivity index (χ1v) is 9.83. The van der Waals surface area contributed by atoms with Crippen LogP contribution in [-0.2, 0) is 11.8 Å². The van der Waals surface area contributed by atoms with E-state index in [9.17, 15) is 14.4 Å². The number of aliphatic carboxylic acids is 1. The Morgan fingerprint density at radius 2 is 1.76 bits per heavy atom. The molecule has 1 fully saturated rings. The molecule has 1 unspecified atom stereocenters. The van der Waals surface area contributed by atoms with Gasteiger partial charge in [0, 0.05) is 30.4 Å². The van der Waals surface area contributed by atoms with Gasteiger partial charge in [-0.15, -0.1) is 0 Å². The van der Waals surface area contributed by atoms with Gasteiger partial charge in [-0.25, -0.2) is 0 Å². The minimum absolute atomic E-state index is 0.227. The lowest BCUT2D eigenvalue weighted by Crippen LogP contribution is -2.38. The second-order valence-electron chi connectivity index (χ2n) is 7.50. The van der Waals surface area contributed by atoms with Crippen molar-refractivity contribution in [1.29, 1.82) is 0 Å². The third kappa shape index (κ3) is 5.01. The van der Waals surface area contributed by atoms with Crippen LogP contribution in [0.3, 0.4) is 0 Å². The van der Waals surface area contributed by atoms with E-state index in [0.717, 1.165) is 31.4 Å². The second-order valence-corrected chi connectivity index (χ2v) is 7.50. The van der Waals surface area contributed by atoms with Crippen molar-refractivity contribution in [3.8, 4) is 0 Å². The van der Waals surface area contributed by atoms with Gasteiger partial charge in [0.05, 0.1) is 11.3 Å². The second kappa shape index (κ2) is 8.89. The number of benzene rings is 1. The number of amides is 2. The van der Waals surface area contributed by atoms with Crippen LogP contribution in [0.1, 0.15) is 71.4 Å². The Hall–Kier alpha value is -3.16. The van der Waals surface area contributed by atoms with Crippen LogP contribution in [0.5, 0.6) is 0 Å². The molecule has 1 aromatic heterocycles. The standard InChI is InChI=1S/C21H26N4O4/c1-13(21(28)29)22-19(26)15-8-10-16(11-9-15)23-20(27)17-12-25(2)24-18(17)14-6-4-3-5-7-14/h8-14H,3-7H2,1-2H3,(H,22,26)(H,23,27)(H,28,29). The minimum atomic E-state index is -1.10. The van der Waals surface area contributed by atoms with Crippen molar-refractivity contribution < 1.29 is 19.5 Å². The van der Waals surface area contributed by atoms with Crippen molar-refractivity contribution in [2.24, 2.45) is 7.05 Å². The summed E-state index contributed by atoms with van der Waals surface area (Å²) in [5.74, 6) is -1.50. The highest BCUT2D eigenvalue weighted by atomic mass is 16.4. The van der Waals surface area contributed by atoms with Crippen molar-refractivity contribution in [1.82, 2.24) is 15.1 Å². The first-order chi connectivity index (χ1) is 13.8. The number of nitrogens with one attached hydrogen (secondary N) is 2. The highest BCUT2D eigenvalue weighted by Crippen LogP contribution is 2.33. The molecule has 1 saturated carbocycles. The molecule has 1 aliphatic carbocycles. The van der Waals surface area contributed by atoms with E-state index in [4.69, 9.17) is 5.11 Å². The molecule has 154 valence electrons. The molecule has 1 aromatic carbocycles. The van der Waals surface area contributed by atoms with E-state index in [-0.39, 0.29) is 5.91 Å². The number of carbonyl (C=O) groups is 3. The first-order valence-electron chi connectivity index (χ1n) is 9.83. The molecule has 0 saturated heterocycles. The maximum atomic E-state index is 12.8. The van der Waals surface area contributed by atoms with Gasteiger partial charge in [-0.2, -0.15) is 5.10 Å². The quantitative estimate of drug-likeness (QED) is 0.692. The lowest BCUT2D eigenvalue weighted by Gasteiger charge is -2.20. The number of nitrogens with zero attached hydrogens (tertiary/aromatic N) is 2. The topological polar surface area (TPSA) is 113 Å². The van der Waals surface area contributed by atoms with Gasteiger partial charge in [-0.3, -0.25) is 19.1 Å². The molecule has 1 atom stereocenters. The Kier molecular flexibility index (Phi) is 6.31. The number of aryl methyl sites for hydroxylation is 1. The van der Waals surface area contributed by atoms with Crippen LogP contribution in [-0.4, -0.2) is 38.7 Å². The molecule has 1 heterocycles. The van der Waals surface area contributed by atoms with Crippen LogP contribution in [0.4, 0.5) is 5.69 Å². The van der Waals surface area contributed by atoms with Crippen LogP contribution < -0.4 is 10.6 Å². The normalized spacial score (nSPS) is 15.5. The number of hydrogen-bond acceptors (Lipinski definition) is 4. The summed E-state index contributed by atoms with van der Waals surface area (Å²) in [6.45, 7) is 1.40. The zero-order valence-electron chi connectivity index (χ0n) is 16.6. The van der Waals surface area contributed by atoms with E-state index in [1.165, 1.54) is 13.3 Å². The summed E-state index contributed by atoms with van der Waals surface area (Å²) in [6, 6.07) is 5.35. The van der Waals surface area contributed by atoms with Crippen LogP contribution in [0.2, 0.25) is 0 Å². The van der Waals surface area contributed by atoms with E-state index in [0.29, 0.717) is 22.7 Å². The molecule has 8 heteroatoms. The van der Waals surface area contributed by atoms with Gasteiger partial charge in [-0.05, 0) is 44.0 Å². The van der Waals surface area contributed by atoms with Gasteiger partial charge >= 0.3 is 5.97 Å². The average molecular weight is 398 g/mol. The van der Waals surface area contributed by atoms with Crippen molar-refractivity contribution in [2.45, 2.75) is 51.0 Å². The highest BCUT2D eigenvalue weighted by Gasteiger charge is 2.25. The van der Waals surface area contributed by atoms with Crippen LogP contribution in [0.25, 0.3) is 0 Å². The molecule has 2 amide bonds. The average Bonchev–Trinajstić information content (AvgIpc) is 3.11. The van der Waals surface area contributed by atoms with Gasteiger partial charge in [-0.1, -0.05) is 19.3 Å². The van der Waals surface area contributed by atoms with Crippen molar-refractivity contribution in [3.63, 3.8) is 0 Å².